The maximum atomic E-state index is 4.28. The van der Waals surface area contributed by atoms with E-state index in [1.165, 1.54) is 11.3 Å². The summed E-state index contributed by atoms with van der Waals surface area (Å²) in [6.07, 6.45) is 4.80. The molecule has 100 valence electrons. The normalized spacial score (nSPS) is 10.3. The summed E-state index contributed by atoms with van der Waals surface area (Å²) in [5.41, 5.74) is 4.67. The fourth-order valence-electron chi connectivity index (χ4n) is 2.02. The number of rotatable bonds is 5. The average Bonchev–Trinajstić information content (AvgIpc) is 2.47. The van der Waals surface area contributed by atoms with Crippen LogP contribution in [0.5, 0.6) is 0 Å². The maximum absolute atomic E-state index is 4.28. The summed E-state index contributed by atoms with van der Waals surface area (Å²) >= 11 is 0. The van der Waals surface area contributed by atoms with Crippen LogP contribution in [0.25, 0.3) is 0 Å². The molecule has 0 spiro atoms. The van der Waals surface area contributed by atoms with Crippen LogP contribution in [0.4, 0.5) is 17.1 Å². The molecule has 3 nitrogen and oxygen atoms in total. The molecular formula is C16H21N3. The Morgan fingerprint density at radius 2 is 1.79 bits per heavy atom. The van der Waals surface area contributed by atoms with Crippen molar-refractivity contribution < 1.29 is 0 Å². The van der Waals surface area contributed by atoms with E-state index < -0.39 is 0 Å². The van der Waals surface area contributed by atoms with Crippen molar-refractivity contribution in [3.05, 3.63) is 48.3 Å². The Hall–Kier alpha value is -2.03. The molecule has 2 aromatic rings. The van der Waals surface area contributed by atoms with Crippen LogP contribution in [0.3, 0.4) is 0 Å². The number of hydrogen-bond donors (Lipinski definition) is 1. The van der Waals surface area contributed by atoms with Crippen LogP contribution in [0.2, 0.25) is 0 Å². The number of benzene rings is 1. The van der Waals surface area contributed by atoms with Gasteiger partial charge in [-0.2, -0.15) is 0 Å². The van der Waals surface area contributed by atoms with E-state index >= 15 is 0 Å². The van der Waals surface area contributed by atoms with Crippen molar-refractivity contribution in [2.24, 2.45) is 0 Å². The summed E-state index contributed by atoms with van der Waals surface area (Å²) in [7, 11) is 2.06. The molecule has 0 aliphatic carbocycles. The molecule has 1 aromatic heterocycles. The summed E-state index contributed by atoms with van der Waals surface area (Å²) in [6, 6.07) is 10.8. The van der Waals surface area contributed by atoms with Crippen molar-refractivity contribution in [2.45, 2.75) is 20.3 Å². The first-order valence-electron chi connectivity index (χ1n) is 6.76. The Morgan fingerprint density at radius 1 is 1.05 bits per heavy atom. The topological polar surface area (TPSA) is 28.2 Å². The highest BCUT2D eigenvalue weighted by Gasteiger charge is 2.05. The molecule has 1 N–H and O–H groups in total. The fraction of sp³-hybridized carbons (Fsp3) is 0.312. The third-order valence-electron chi connectivity index (χ3n) is 3.22. The Bertz CT molecular complexity index is 520. The fourth-order valence-corrected chi connectivity index (χ4v) is 2.02. The van der Waals surface area contributed by atoms with Gasteiger partial charge in [0.1, 0.15) is 0 Å². The lowest BCUT2D eigenvalue weighted by Crippen LogP contribution is -2.10. The Balaban J connectivity index is 2.22. The van der Waals surface area contributed by atoms with Crippen LogP contribution in [-0.2, 0) is 6.42 Å². The van der Waals surface area contributed by atoms with Crippen molar-refractivity contribution in [1.82, 2.24) is 4.98 Å². The van der Waals surface area contributed by atoms with Gasteiger partial charge in [0.05, 0.1) is 23.8 Å². The van der Waals surface area contributed by atoms with E-state index in [0.717, 1.165) is 24.3 Å². The number of hydrogen-bond acceptors (Lipinski definition) is 3. The number of pyridine rings is 1. The highest BCUT2D eigenvalue weighted by molar-refractivity contribution is 5.65. The molecule has 0 fully saturated rings. The zero-order chi connectivity index (χ0) is 13.7. The van der Waals surface area contributed by atoms with Gasteiger partial charge in [0, 0.05) is 19.3 Å². The second-order valence-electron chi connectivity index (χ2n) is 4.54. The first-order chi connectivity index (χ1) is 9.24. The second kappa shape index (κ2) is 6.23. The molecule has 1 heterocycles. The molecule has 0 atom stereocenters. The first-order valence-corrected chi connectivity index (χ1v) is 6.76. The smallest absolute Gasteiger partial charge is 0.0615 e. The molecule has 0 saturated carbocycles. The molecule has 0 aliphatic rings. The molecule has 0 unspecified atom stereocenters. The molecule has 0 bridgehead atoms. The maximum Gasteiger partial charge on any atom is 0.0615 e. The predicted octanol–water partition coefficient (Wildman–Crippen LogP) is 3.84. The van der Waals surface area contributed by atoms with Crippen molar-refractivity contribution >= 4 is 17.1 Å². The van der Waals surface area contributed by atoms with E-state index in [1.807, 2.05) is 12.4 Å². The molecule has 0 aliphatic heterocycles. The highest BCUT2D eigenvalue weighted by Crippen LogP contribution is 2.25. The zero-order valence-corrected chi connectivity index (χ0v) is 11.9. The molecule has 0 amide bonds. The average molecular weight is 255 g/mol. The number of anilines is 3. The number of nitrogens with zero attached hydrogens (tertiary/aromatic N) is 2. The molecule has 1 aromatic carbocycles. The second-order valence-corrected chi connectivity index (χ2v) is 4.54. The van der Waals surface area contributed by atoms with Gasteiger partial charge in [0.25, 0.3) is 0 Å². The van der Waals surface area contributed by atoms with E-state index in [4.69, 9.17) is 0 Å². The minimum Gasteiger partial charge on any atom is -0.384 e. The van der Waals surface area contributed by atoms with Gasteiger partial charge in [-0.1, -0.05) is 19.1 Å². The largest absolute Gasteiger partial charge is 0.384 e. The predicted molar refractivity (Wildman–Crippen MR) is 82.3 cm³/mol. The van der Waals surface area contributed by atoms with Gasteiger partial charge in [-0.05, 0) is 37.1 Å². The minimum atomic E-state index is 0.903. The monoisotopic (exact) mass is 255 g/mol. The van der Waals surface area contributed by atoms with Crippen molar-refractivity contribution in [3.8, 4) is 0 Å². The first kappa shape index (κ1) is 13.4. The van der Waals surface area contributed by atoms with Gasteiger partial charge in [0.2, 0.25) is 0 Å². The Kier molecular flexibility index (Phi) is 4.39. The van der Waals surface area contributed by atoms with Crippen LogP contribution in [0.1, 0.15) is 19.4 Å². The van der Waals surface area contributed by atoms with Gasteiger partial charge < -0.3 is 10.2 Å². The van der Waals surface area contributed by atoms with Gasteiger partial charge in [-0.25, -0.2) is 0 Å². The van der Waals surface area contributed by atoms with Crippen LogP contribution >= 0.6 is 0 Å². The summed E-state index contributed by atoms with van der Waals surface area (Å²) < 4.78 is 0. The van der Waals surface area contributed by atoms with E-state index in [0.29, 0.717) is 0 Å². The zero-order valence-electron chi connectivity index (χ0n) is 11.9. The van der Waals surface area contributed by atoms with Crippen molar-refractivity contribution in [1.29, 1.82) is 0 Å². The van der Waals surface area contributed by atoms with Crippen molar-refractivity contribution in [2.75, 3.05) is 23.8 Å². The van der Waals surface area contributed by atoms with E-state index in [9.17, 15) is 0 Å². The Morgan fingerprint density at radius 3 is 2.42 bits per heavy atom. The molecule has 0 saturated heterocycles. The number of nitrogens with one attached hydrogen (secondary N) is 1. The van der Waals surface area contributed by atoms with Gasteiger partial charge in [0.15, 0.2) is 0 Å². The van der Waals surface area contributed by atoms with Crippen LogP contribution < -0.4 is 10.2 Å². The van der Waals surface area contributed by atoms with Gasteiger partial charge in [-0.3, -0.25) is 4.98 Å². The Labute approximate surface area is 115 Å². The third-order valence-corrected chi connectivity index (χ3v) is 3.22. The van der Waals surface area contributed by atoms with E-state index in [2.05, 4.69) is 66.4 Å². The summed E-state index contributed by atoms with van der Waals surface area (Å²) in [6.45, 7) is 5.16. The minimum absolute atomic E-state index is 0.903. The van der Waals surface area contributed by atoms with Crippen molar-refractivity contribution in [3.63, 3.8) is 0 Å². The lowest BCUT2D eigenvalue weighted by molar-refractivity contribution is 1.12. The molecule has 19 heavy (non-hydrogen) atoms. The molecule has 3 heteroatoms. The van der Waals surface area contributed by atoms with E-state index in [-0.39, 0.29) is 0 Å². The lowest BCUT2D eigenvalue weighted by atomic mass is 10.1. The molecular weight excluding hydrogens is 234 g/mol. The van der Waals surface area contributed by atoms with Gasteiger partial charge in [-0.15, -0.1) is 0 Å². The molecule has 0 radical (unpaired) electrons. The summed E-state index contributed by atoms with van der Waals surface area (Å²) in [4.78, 5) is 6.43. The highest BCUT2D eigenvalue weighted by atomic mass is 15.1. The number of aromatic nitrogens is 1. The van der Waals surface area contributed by atoms with E-state index in [1.54, 1.807) is 0 Å². The van der Waals surface area contributed by atoms with Crippen LogP contribution in [-0.4, -0.2) is 18.6 Å². The lowest BCUT2D eigenvalue weighted by Gasteiger charge is -2.20. The molecule has 2 rings (SSSR count). The summed E-state index contributed by atoms with van der Waals surface area (Å²) in [5.74, 6) is 0. The standard InChI is InChI=1S/C16H21N3/c1-4-13-6-8-15(9-7-13)19(3)16-10-14(18-5-2)11-17-12-16/h6-12,18H,4-5H2,1-3H3. The van der Waals surface area contributed by atoms with Crippen LogP contribution in [0, 0.1) is 0 Å². The van der Waals surface area contributed by atoms with Crippen LogP contribution in [0.15, 0.2) is 42.7 Å². The quantitative estimate of drug-likeness (QED) is 0.879. The number of aryl methyl sites for hydroxylation is 1. The summed E-state index contributed by atoms with van der Waals surface area (Å²) in [5, 5.41) is 3.28. The van der Waals surface area contributed by atoms with Gasteiger partial charge >= 0.3 is 0 Å². The SMILES string of the molecule is CCNc1cncc(N(C)c2ccc(CC)cc2)c1. The third kappa shape index (κ3) is 3.25.